The van der Waals surface area contributed by atoms with E-state index < -0.39 is 0 Å². The monoisotopic (exact) mass is 257 g/mol. The van der Waals surface area contributed by atoms with E-state index in [0.717, 1.165) is 5.69 Å². The van der Waals surface area contributed by atoms with Crippen LogP contribution in [0.1, 0.15) is 16.1 Å². The second-order valence-electron chi connectivity index (χ2n) is 4.06. The Kier molecular flexibility index (Phi) is 3.66. The Morgan fingerprint density at radius 1 is 1.37 bits per heavy atom. The first kappa shape index (κ1) is 12.9. The molecule has 5 heteroatoms. The van der Waals surface area contributed by atoms with Crippen molar-refractivity contribution in [3.05, 3.63) is 47.8 Å². The summed E-state index contributed by atoms with van der Waals surface area (Å²) in [5, 5.41) is 2.78. The van der Waals surface area contributed by atoms with Crippen LogP contribution in [-0.4, -0.2) is 18.0 Å². The summed E-state index contributed by atoms with van der Waals surface area (Å²) in [5.74, 6) is 0.142. The number of carbonyl (C=O) groups excluding carboxylic acids is 1. The normalized spacial score (nSPS) is 10.0. The first-order valence-corrected chi connectivity index (χ1v) is 5.78. The summed E-state index contributed by atoms with van der Waals surface area (Å²) in [5.41, 5.74) is 8.03. The van der Waals surface area contributed by atoms with Crippen molar-refractivity contribution in [1.29, 1.82) is 0 Å². The van der Waals surface area contributed by atoms with Gasteiger partial charge in [-0.25, -0.2) is 0 Å². The maximum Gasteiger partial charge on any atom is 0.261 e. The zero-order chi connectivity index (χ0) is 13.8. The van der Waals surface area contributed by atoms with Gasteiger partial charge >= 0.3 is 0 Å². The van der Waals surface area contributed by atoms with Gasteiger partial charge < -0.3 is 15.8 Å². The van der Waals surface area contributed by atoms with Crippen molar-refractivity contribution >= 4 is 17.3 Å². The summed E-state index contributed by atoms with van der Waals surface area (Å²) in [4.78, 5) is 16.3. The molecule has 0 fully saturated rings. The maximum atomic E-state index is 12.2. The second kappa shape index (κ2) is 5.39. The highest BCUT2D eigenvalue weighted by Gasteiger charge is 2.15. The van der Waals surface area contributed by atoms with Crippen molar-refractivity contribution < 1.29 is 9.53 Å². The van der Waals surface area contributed by atoms with Crippen LogP contribution in [0.5, 0.6) is 5.75 Å². The number of methoxy groups -OCH3 is 1. The summed E-state index contributed by atoms with van der Waals surface area (Å²) in [6, 6.07) is 8.60. The third-order valence-electron chi connectivity index (χ3n) is 2.66. The average molecular weight is 257 g/mol. The van der Waals surface area contributed by atoms with Crippen molar-refractivity contribution in [3.63, 3.8) is 0 Å². The van der Waals surface area contributed by atoms with E-state index >= 15 is 0 Å². The fourth-order valence-electron chi connectivity index (χ4n) is 1.78. The fraction of sp³-hybridized carbons (Fsp3) is 0.143. The zero-order valence-corrected chi connectivity index (χ0v) is 10.8. The van der Waals surface area contributed by atoms with Crippen LogP contribution in [0.15, 0.2) is 36.5 Å². The summed E-state index contributed by atoms with van der Waals surface area (Å²) in [7, 11) is 1.50. The number of aromatic nitrogens is 1. The number of pyridine rings is 1. The van der Waals surface area contributed by atoms with Gasteiger partial charge in [0.1, 0.15) is 11.3 Å². The van der Waals surface area contributed by atoms with Gasteiger partial charge in [-0.1, -0.05) is 6.07 Å². The molecule has 0 atom stereocenters. The number of ether oxygens (including phenoxy) is 1. The SMILES string of the molecule is COc1cccc(N)c1C(=O)Nc1ccnc(C)c1. The van der Waals surface area contributed by atoms with Crippen molar-refractivity contribution in [2.45, 2.75) is 6.92 Å². The molecule has 2 aromatic rings. The number of nitrogens with zero attached hydrogens (tertiary/aromatic N) is 1. The molecule has 0 aliphatic heterocycles. The van der Waals surface area contributed by atoms with Crippen LogP contribution in [0.2, 0.25) is 0 Å². The molecule has 1 heterocycles. The largest absolute Gasteiger partial charge is 0.496 e. The number of anilines is 2. The van der Waals surface area contributed by atoms with Crippen molar-refractivity contribution in [1.82, 2.24) is 4.98 Å². The highest BCUT2D eigenvalue weighted by molar-refractivity contribution is 6.09. The Balaban J connectivity index is 2.30. The van der Waals surface area contributed by atoms with Crippen LogP contribution >= 0.6 is 0 Å². The summed E-state index contributed by atoms with van der Waals surface area (Å²) in [6.07, 6.45) is 1.64. The minimum absolute atomic E-state index is 0.305. The van der Waals surface area contributed by atoms with E-state index in [1.54, 1.807) is 36.5 Å². The van der Waals surface area contributed by atoms with E-state index in [9.17, 15) is 4.79 Å². The molecule has 0 bridgehead atoms. The number of nitrogens with one attached hydrogen (secondary N) is 1. The zero-order valence-electron chi connectivity index (χ0n) is 10.8. The molecule has 0 aliphatic rings. The van der Waals surface area contributed by atoms with E-state index in [0.29, 0.717) is 22.7 Å². The number of nitrogens with two attached hydrogens (primary N) is 1. The van der Waals surface area contributed by atoms with E-state index in [-0.39, 0.29) is 5.91 Å². The quantitative estimate of drug-likeness (QED) is 0.827. The minimum Gasteiger partial charge on any atom is -0.496 e. The van der Waals surface area contributed by atoms with Gasteiger partial charge in [0.15, 0.2) is 0 Å². The Bertz CT molecular complexity index is 611. The molecule has 3 N–H and O–H groups in total. The van der Waals surface area contributed by atoms with Crippen LogP contribution < -0.4 is 15.8 Å². The molecule has 0 aliphatic carbocycles. The molecule has 1 amide bonds. The van der Waals surface area contributed by atoms with Gasteiger partial charge in [0.05, 0.1) is 7.11 Å². The van der Waals surface area contributed by atoms with E-state index in [1.165, 1.54) is 7.11 Å². The summed E-state index contributed by atoms with van der Waals surface area (Å²) >= 11 is 0. The van der Waals surface area contributed by atoms with Gasteiger partial charge in [-0.3, -0.25) is 9.78 Å². The number of benzene rings is 1. The van der Waals surface area contributed by atoms with Gasteiger partial charge in [0, 0.05) is 23.3 Å². The molecule has 5 nitrogen and oxygen atoms in total. The molecule has 1 aromatic heterocycles. The number of hydrogen-bond donors (Lipinski definition) is 2. The molecule has 98 valence electrons. The molecule has 0 saturated carbocycles. The second-order valence-corrected chi connectivity index (χ2v) is 4.06. The highest BCUT2D eigenvalue weighted by Crippen LogP contribution is 2.25. The average Bonchev–Trinajstić information content (AvgIpc) is 2.38. The Morgan fingerprint density at radius 3 is 2.84 bits per heavy atom. The van der Waals surface area contributed by atoms with Gasteiger partial charge in [0.25, 0.3) is 5.91 Å². The highest BCUT2D eigenvalue weighted by atomic mass is 16.5. The first-order valence-electron chi connectivity index (χ1n) is 5.78. The van der Waals surface area contributed by atoms with E-state index in [2.05, 4.69) is 10.3 Å². The Morgan fingerprint density at radius 2 is 2.16 bits per heavy atom. The lowest BCUT2D eigenvalue weighted by molar-refractivity contribution is 0.102. The third kappa shape index (κ3) is 2.82. The molecular weight excluding hydrogens is 242 g/mol. The topological polar surface area (TPSA) is 77.2 Å². The van der Waals surface area contributed by atoms with E-state index in [4.69, 9.17) is 10.5 Å². The molecular formula is C14H15N3O2. The molecule has 0 spiro atoms. The fourth-order valence-corrected chi connectivity index (χ4v) is 1.78. The van der Waals surface area contributed by atoms with Crippen LogP contribution in [0.25, 0.3) is 0 Å². The number of rotatable bonds is 3. The molecule has 0 saturated heterocycles. The van der Waals surface area contributed by atoms with Crippen LogP contribution in [0.3, 0.4) is 0 Å². The first-order chi connectivity index (χ1) is 9.11. The predicted octanol–water partition coefficient (Wildman–Crippen LogP) is 2.23. The number of amides is 1. The van der Waals surface area contributed by atoms with E-state index in [1.807, 2.05) is 6.92 Å². The standard InChI is InChI=1S/C14H15N3O2/c1-9-8-10(6-7-16-9)17-14(18)13-11(15)4-3-5-12(13)19-2/h3-8H,15H2,1-2H3,(H,16,17,18). The lowest BCUT2D eigenvalue weighted by Crippen LogP contribution is -2.15. The smallest absolute Gasteiger partial charge is 0.261 e. The van der Waals surface area contributed by atoms with Crippen LogP contribution in [0.4, 0.5) is 11.4 Å². The van der Waals surface area contributed by atoms with Gasteiger partial charge in [0.2, 0.25) is 0 Å². The molecule has 2 rings (SSSR count). The van der Waals surface area contributed by atoms with Crippen molar-refractivity contribution in [2.75, 3.05) is 18.2 Å². The number of carbonyl (C=O) groups is 1. The minimum atomic E-state index is -0.305. The number of nitrogen functional groups attached to an aromatic ring is 1. The van der Waals surface area contributed by atoms with Crippen LogP contribution in [0, 0.1) is 6.92 Å². The number of aryl methyl sites for hydroxylation is 1. The lowest BCUT2D eigenvalue weighted by atomic mass is 10.1. The molecule has 1 aromatic carbocycles. The Hall–Kier alpha value is -2.56. The predicted molar refractivity (Wildman–Crippen MR) is 74.3 cm³/mol. The van der Waals surface area contributed by atoms with Crippen LogP contribution in [-0.2, 0) is 0 Å². The summed E-state index contributed by atoms with van der Waals surface area (Å²) < 4.78 is 5.16. The summed E-state index contributed by atoms with van der Waals surface area (Å²) in [6.45, 7) is 1.85. The molecule has 0 unspecified atom stereocenters. The van der Waals surface area contributed by atoms with Gasteiger partial charge in [-0.15, -0.1) is 0 Å². The molecule has 19 heavy (non-hydrogen) atoms. The third-order valence-corrected chi connectivity index (χ3v) is 2.66. The molecule has 0 radical (unpaired) electrons. The Labute approximate surface area is 111 Å². The number of hydrogen-bond acceptors (Lipinski definition) is 4. The maximum absolute atomic E-state index is 12.2. The van der Waals surface area contributed by atoms with Gasteiger partial charge in [-0.2, -0.15) is 0 Å². The lowest BCUT2D eigenvalue weighted by Gasteiger charge is -2.11. The van der Waals surface area contributed by atoms with Crippen molar-refractivity contribution in [3.8, 4) is 5.75 Å². The van der Waals surface area contributed by atoms with Gasteiger partial charge in [-0.05, 0) is 31.2 Å². The van der Waals surface area contributed by atoms with Crippen molar-refractivity contribution in [2.24, 2.45) is 0 Å².